The summed E-state index contributed by atoms with van der Waals surface area (Å²) >= 11 is 6.08. The normalized spacial score (nSPS) is 10.7. The van der Waals surface area contributed by atoms with Gasteiger partial charge in [0.1, 0.15) is 11.3 Å². The van der Waals surface area contributed by atoms with Crippen molar-refractivity contribution in [1.82, 2.24) is 10.3 Å². The molecule has 0 saturated heterocycles. The quantitative estimate of drug-likeness (QED) is 0.537. The fourth-order valence-electron chi connectivity index (χ4n) is 2.74. The van der Waals surface area contributed by atoms with Crippen LogP contribution >= 0.6 is 11.6 Å². The smallest absolute Gasteiger partial charge is 0.341 e. The number of carbonyl (C=O) groups excluding carboxylic acids is 1. The van der Waals surface area contributed by atoms with Crippen LogP contribution in [0.2, 0.25) is 5.02 Å². The van der Waals surface area contributed by atoms with E-state index in [1.807, 2.05) is 0 Å². The van der Waals surface area contributed by atoms with Crippen LogP contribution in [-0.2, 0) is 17.8 Å². The van der Waals surface area contributed by atoms with Crippen molar-refractivity contribution in [3.63, 3.8) is 0 Å². The molecular weight excluding hydrogens is 372 g/mol. The number of nitrogens with one attached hydrogen (secondary N) is 2. The van der Waals surface area contributed by atoms with Crippen molar-refractivity contribution in [3.05, 3.63) is 74.5 Å². The van der Waals surface area contributed by atoms with Gasteiger partial charge in [0.15, 0.2) is 0 Å². The highest BCUT2D eigenvalue weighted by molar-refractivity contribution is 6.31. The third-order valence-electron chi connectivity index (χ3n) is 4.05. The van der Waals surface area contributed by atoms with E-state index in [2.05, 4.69) is 10.3 Å². The van der Waals surface area contributed by atoms with Gasteiger partial charge in [0.25, 0.3) is 5.56 Å². The van der Waals surface area contributed by atoms with Gasteiger partial charge >= 0.3 is 5.97 Å². The van der Waals surface area contributed by atoms with Gasteiger partial charge in [0.05, 0.1) is 11.9 Å². The zero-order valence-electron chi connectivity index (χ0n) is 14.0. The summed E-state index contributed by atoms with van der Waals surface area (Å²) in [5, 5.41) is 22.3. The number of aromatic hydroxyl groups is 1. The minimum Gasteiger partial charge on any atom is -0.508 e. The van der Waals surface area contributed by atoms with E-state index in [-0.39, 0.29) is 30.2 Å². The summed E-state index contributed by atoms with van der Waals surface area (Å²) in [6.07, 6.45) is -0.00907. The Labute approximate surface area is 158 Å². The van der Waals surface area contributed by atoms with Crippen LogP contribution in [0.4, 0.5) is 0 Å². The lowest BCUT2D eigenvalue weighted by molar-refractivity contribution is -0.120. The lowest BCUT2D eigenvalue weighted by Gasteiger charge is -2.10. The lowest BCUT2D eigenvalue weighted by Crippen LogP contribution is -2.25. The number of aromatic carboxylic acids is 1. The van der Waals surface area contributed by atoms with Crippen molar-refractivity contribution >= 4 is 34.4 Å². The first-order valence-corrected chi connectivity index (χ1v) is 8.35. The molecule has 3 rings (SSSR count). The van der Waals surface area contributed by atoms with Gasteiger partial charge in [-0.2, -0.15) is 0 Å². The number of aromatic nitrogens is 1. The van der Waals surface area contributed by atoms with Gasteiger partial charge in [-0.1, -0.05) is 29.8 Å². The molecule has 1 aromatic heterocycles. The standard InChI is InChI=1S/C19H15ClN2O5/c20-13-5-11-7-14(19(26)27)18(25)22-17(11)12(6-13)9-21-16(24)8-10-3-1-2-4-15(10)23/h1-7,23H,8-9H2,(H,21,24)(H,22,25)(H,26,27). The molecule has 8 heteroatoms. The molecule has 0 aliphatic heterocycles. The van der Waals surface area contributed by atoms with E-state index in [0.29, 0.717) is 27.1 Å². The fourth-order valence-corrected chi connectivity index (χ4v) is 2.99. The summed E-state index contributed by atoms with van der Waals surface area (Å²) < 4.78 is 0. The van der Waals surface area contributed by atoms with Crippen LogP contribution in [0.25, 0.3) is 10.9 Å². The molecule has 0 aliphatic rings. The summed E-state index contributed by atoms with van der Waals surface area (Å²) in [6, 6.07) is 10.9. The number of carboxylic acids is 1. The SMILES string of the molecule is O=C(Cc1ccccc1O)NCc1cc(Cl)cc2cc(C(=O)O)c(=O)[nH]c12. The van der Waals surface area contributed by atoms with Gasteiger partial charge in [0.2, 0.25) is 5.91 Å². The minimum absolute atomic E-state index is 0.00907. The van der Waals surface area contributed by atoms with Crippen LogP contribution in [0.1, 0.15) is 21.5 Å². The first-order chi connectivity index (χ1) is 12.8. The number of pyridine rings is 1. The first kappa shape index (κ1) is 18.5. The van der Waals surface area contributed by atoms with Crippen molar-refractivity contribution < 1.29 is 19.8 Å². The third kappa shape index (κ3) is 4.09. The maximum Gasteiger partial charge on any atom is 0.341 e. The van der Waals surface area contributed by atoms with Gasteiger partial charge < -0.3 is 20.5 Å². The monoisotopic (exact) mass is 386 g/mol. The van der Waals surface area contributed by atoms with Crippen molar-refractivity contribution in [2.45, 2.75) is 13.0 Å². The first-order valence-electron chi connectivity index (χ1n) is 7.97. The number of carboxylic acid groups (broad SMARTS) is 1. The van der Waals surface area contributed by atoms with Crippen molar-refractivity contribution in [2.24, 2.45) is 0 Å². The number of aromatic amines is 1. The van der Waals surface area contributed by atoms with Crippen LogP contribution in [0, 0.1) is 0 Å². The average Bonchev–Trinajstić information content (AvgIpc) is 2.61. The number of hydrogen-bond donors (Lipinski definition) is 4. The molecule has 0 unspecified atom stereocenters. The Morgan fingerprint density at radius 1 is 1.11 bits per heavy atom. The Bertz CT molecular complexity index is 1110. The van der Waals surface area contributed by atoms with Crippen molar-refractivity contribution in [3.8, 4) is 5.75 Å². The highest BCUT2D eigenvalue weighted by atomic mass is 35.5. The number of phenolic OH excluding ortho intramolecular Hbond substituents is 1. The second-order valence-electron chi connectivity index (χ2n) is 5.93. The van der Waals surface area contributed by atoms with E-state index >= 15 is 0 Å². The third-order valence-corrected chi connectivity index (χ3v) is 4.27. The van der Waals surface area contributed by atoms with Crippen molar-refractivity contribution in [2.75, 3.05) is 0 Å². The molecule has 2 aromatic carbocycles. The van der Waals surface area contributed by atoms with E-state index in [1.54, 1.807) is 24.3 Å². The Balaban J connectivity index is 1.85. The Morgan fingerprint density at radius 2 is 1.85 bits per heavy atom. The van der Waals surface area contributed by atoms with Crippen LogP contribution in [0.15, 0.2) is 47.3 Å². The predicted molar refractivity (Wildman–Crippen MR) is 100 cm³/mol. The van der Waals surface area contributed by atoms with E-state index in [9.17, 15) is 19.5 Å². The van der Waals surface area contributed by atoms with E-state index in [4.69, 9.17) is 16.7 Å². The molecule has 0 spiro atoms. The zero-order valence-corrected chi connectivity index (χ0v) is 14.7. The maximum absolute atomic E-state index is 12.2. The van der Waals surface area contributed by atoms with E-state index < -0.39 is 11.5 Å². The molecule has 3 aromatic rings. The van der Waals surface area contributed by atoms with Crippen molar-refractivity contribution in [1.29, 1.82) is 0 Å². The second kappa shape index (κ2) is 7.51. The highest BCUT2D eigenvalue weighted by Gasteiger charge is 2.14. The Kier molecular flexibility index (Phi) is 5.14. The Morgan fingerprint density at radius 3 is 2.56 bits per heavy atom. The zero-order chi connectivity index (χ0) is 19.6. The molecule has 0 atom stereocenters. The summed E-state index contributed by atoms with van der Waals surface area (Å²) in [7, 11) is 0. The predicted octanol–water partition coefficient (Wildman–Crippen LogP) is 2.44. The molecule has 0 bridgehead atoms. The van der Waals surface area contributed by atoms with Gasteiger partial charge in [0, 0.05) is 22.5 Å². The summed E-state index contributed by atoms with van der Waals surface area (Å²) in [5.74, 6) is -1.63. The number of carbonyl (C=O) groups is 2. The molecule has 138 valence electrons. The number of hydrogen-bond acceptors (Lipinski definition) is 4. The topological polar surface area (TPSA) is 119 Å². The second-order valence-corrected chi connectivity index (χ2v) is 6.37. The average molecular weight is 387 g/mol. The van der Waals surface area contributed by atoms with Gasteiger partial charge in [-0.15, -0.1) is 0 Å². The summed E-state index contributed by atoms with van der Waals surface area (Å²) in [5.41, 5.74) is 0.304. The number of fused-ring (bicyclic) bond motifs is 1. The largest absolute Gasteiger partial charge is 0.508 e. The van der Waals surface area contributed by atoms with E-state index in [0.717, 1.165) is 0 Å². The molecule has 0 saturated carbocycles. The highest BCUT2D eigenvalue weighted by Crippen LogP contribution is 2.22. The molecule has 0 radical (unpaired) electrons. The van der Waals surface area contributed by atoms with E-state index in [1.165, 1.54) is 18.2 Å². The molecule has 4 N–H and O–H groups in total. The van der Waals surface area contributed by atoms with Crippen LogP contribution < -0.4 is 10.9 Å². The number of para-hydroxylation sites is 1. The number of benzene rings is 2. The molecular formula is C19H15ClN2O5. The number of H-pyrrole nitrogens is 1. The van der Waals surface area contributed by atoms with Gasteiger partial charge in [-0.25, -0.2) is 4.79 Å². The molecule has 27 heavy (non-hydrogen) atoms. The Hall–Kier alpha value is -3.32. The molecule has 1 amide bonds. The maximum atomic E-state index is 12.2. The van der Waals surface area contributed by atoms with Crippen LogP contribution in [0.3, 0.4) is 0 Å². The number of rotatable bonds is 5. The van der Waals surface area contributed by atoms with Crippen LogP contribution in [0.5, 0.6) is 5.75 Å². The molecule has 1 heterocycles. The fraction of sp³-hybridized carbons (Fsp3) is 0.105. The molecule has 0 aliphatic carbocycles. The number of phenols is 1. The lowest BCUT2D eigenvalue weighted by atomic mass is 10.1. The van der Waals surface area contributed by atoms with Gasteiger partial charge in [-0.05, 0) is 29.8 Å². The summed E-state index contributed by atoms with van der Waals surface area (Å²) in [6.45, 7) is 0.0752. The molecule has 7 nitrogen and oxygen atoms in total. The summed E-state index contributed by atoms with van der Waals surface area (Å²) in [4.78, 5) is 37.8. The minimum atomic E-state index is -1.34. The number of amides is 1. The van der Waals surface area contributed by atoms with Gasteiger partial charge in [-0.3, -0.25) is 9.59 Å². The molecule has 0 fully saturated rings. The van der Waals surface area contributed by atoms with Crippen LogP contribution in [-0.4, -0.2) is 27.1 Å². The number of halogens is 1.